The standard InChI is InChI=1S/C16H17N3O2/c1-11-6-12-7-15(21-3)9-18-16(12)19(11)10-13-4-5-14(20-2)8-17-13/h4-9H,10H2,1-3H3. The first-order chi connectivity index (χ1) is 10.2. The minimum atomic E-state index is 0.679. The monoisotopic (exact) mass is 283 g/mol. The molecule has 0 bridgehead atoms. The van der Waals surface area contributed by atoms with E-state index < -0.39 is 0 Å². The maximum absolute atomic E-state index is 5.22. The molecule has 0 aliphatic carbocycles. The molecule has 0 fully saturated rings. The Morgan fingerprint density at radius 2 is 1.76 bits per heavy atom. The normalized spacial score (nSPS) is 10.8. The Morgan fingerprint density at radius 3 is 2.43 bits per heavy atom. The molecule has 0 spiro atoms. The van der Waals surface area contributed by atoms with E-state index in [1.807, 2.05) is 18.2 Å². The zero-order chi connectivity index (χ0) is 14.8. The van der Waals surface area contributed by atoms with Crippen LogP contribution in [0.1, 0.15) is 11.4 Å². The lowest BCUT2D eigenvalue weighted by atomic mass is 10.3. The molecule has 0 N–H and O–H groups in total. The number of hydrogen-bond acceptors (Lipinski definition) is 4. The first kappa shape index (κ1) is 13.4. The number of aryl methyl sites for hydroxylation is 1. The number of fused-ring (bicyclic) bond motifs is 1. The summed E-state index contributed by atoms with van der Waals surface area (Å²) >= 11 is 0. The van der Waals surface area contributed by atoms with Crippen LogP contribution in [-0.2, 0) is 6.54 Å². The lowest BCUT2D eigenvalue weighted by molar-refractivity contribution is 0.412. The molecular weight excluding hydrogens is 266 g/mol. The van der Waals surface area contributed by atoms with Crippen LogP contribution in [0.15, 0.2) is 36.7 Å². The van der Waals surface area contributed by atoms with Crippen molar-refractivity contribution in [1.29, 1.82) is 0 Å². The highest BCUT2D eigenvalue weighted by Gasteiger charge is 2.09. The van der Waals surface area contributed by atoms with Crippen molar-refractivity contribution in [2.24, 2.45) is 0 Å². The van der Waals surface area contributed by atoms with Gasteiger partial charge in [0.25, 0.3) is 0 Å². The minimum absolute atomic E-state index is 0.679. The van der Waals surface area contributed by atoms with Gasteiger partial charge in [0.15, 0.2) is 0 Å². The van der Waals surface area contributed by atoms with E-state index in [0.29, 0.717) is 6.54 Å². The third-order valence-electron chi connectivity index (χ3n) is 3.50. The number of ether oxygens (including phenoxy) is 2. The lowest BCUT2D eigenvalue weighted by Gasteiger charge is -2.08. The van der Waals surface area contributed by atoms with Gasteiger partial charge in [0.2, 0.25) is 0 Å². The molecule has 5 nitrogen and oxygen atoms in total. The van der Waals surface area contributed by atoms with Crippen LogP contribution in [0, 0.1) is 6.92 Å². The zero-order valence-electron chi connectivity index (χ0n) is 12.3. The summed E-state index contributed by atoms with van der Waals surface area (Å²) in [6.07, 6.45) is 3.46. The summed E-state index contributed by atoms with van der Waals surface area (Å²) < 4.78 is 12.5. The fourth-order valence-corrected chi connectivity index (χ4v) is 2.35. The number of aromatic nitrogens is 3. The maximum Gasteiger partial charge on any atom is 0.140 e. The van der Waals surface area contributed by atoms with Crippen LogP contribution in [0.2, 0.25) is 0 Å². The van der Waals surface area contributed by atoms with E-state index in [1.165, 1.54) is 0 Å². The summed E-state index contributed by atoms with van der Waals surface area (Å²) in [6, 6.07) is 7.98. The van der Waals surface area contributed by atoms with Gasteiger partial charge in [-0.05, 0) is 31.2 Å². The Kier molecular flexibility index (Phi) is 3.48. The highest BCUT2D eigenvalue weighted by molar-refractivity contribution is 5.78. The third-order valence-corrected chi connectivity index (χ3v) is 3.50. The molecule has 0 saturated heterocycles. The van der Waals surface area contributed by atoms with Crippen LogP contribution in [0.5, 0.6) is 11.5 Å². The maximum atomic E-state index is 5.22. The van der Waals surface area contributed by atoms with Crippen molar-refractivity contribution < 1.29 is 9.47 Å². The van der Waals surface area contributed by atoms with Crippen LogP contribution in [0.4, 0.5) is 0 Å². The Morgan fingerprint density at radius 1 is 1.00 bits per heavy atom. The van der Waals surface area contributed by atoms with Gasteiger partial charge in [0, 0.05) is 11.1 Å². The van der Waals surface area contributed by atoms with E-state index in [1.54, 1.807) is 26.6 Å². The molecule has 0 aromatic carbocycles. The van der Waals surface area contributed by atoms with Gasteiger partial charge in [-0.15, -0.1) is 0 Å². The van der Waals surface area contributed by atoms with Gasteiger partial charge in [-0.3, -0.25) is 4.98 Å². The molecule has 5 heteroatoms. The Bertz CT molecular complexity index is 763. The van der Waals surface area contributed by atoms with Gasteiger partial charge < -0.3 is 14.0 Å². The topological polar surface area (TPSA) is 49.2 Å². The highest BCUT2D eigenvalue weighted by Crippen LogP contribution is 2.23. The molecule has 3 aromatic heterocycles. The largest absolute Gasteiger partial charge is 0.495 e. The van der Waals surface area contributed by atoms with Gasteiger partial charge in [0.1, 0.15) is 17.1 Å². The second-order valence-electron chi connectivity index (χ2n) is 4.85. The SMILES string of the molecule is COc1ccc(Cn2c(C)cc3cc(OC)cnc32)nc1. The fraction of sp³-hybridized carbons (Fsp3) is 0.250. The summed E-state index contributed by atoms with van der Waals surface area (Å²) in [6.45, 7) is 2.75. The smallest absolute Gasteiger partial charge is 0.140 e. The summed E-state index contributed by atoms with van der Waals surface area (Å²) in [4.78, 5) is 8.90. The summed E-state index contributed by atoms with van der Waals surface area (Å²) in [5.41, 5.74) is 3.04. The van der Waals surface area contributed by atoms with Crippen molar-refractivity contribution >= 4 is 11.0 Å². The molecule has 0 saturated carbocycles. The second-order valence-corrected chi connectivity index (χ2v) is 4.85. The Hall–Kier alpha value is -2.56. The van der Waals surface area contributed by atoms with Crippen LogP contribution >= 0.6 is 0 Å². The number of methoxy groups -OCH3 is 2. The second kappa shape index (κ2) is 5.44. The Labute approximate surface area is 123 Å². The van der Waals surface area contributed by atoms with Gasteiger partial charge >= 0.3 is 0 Å². The first-order valence-electron chi connectivity index (χ1n) is 6.70. The molecular formula is C16H17N3O2. The average molecular weight is 283 g/mol. The molecule has 0 amide bonds. The van der Waals surface area contributed by atoms with Gasteiger partial charge in [-0.1, -0.05) is 0 Å². The van der Waals surface area contributed by atoms with E-state index in [0.717, 1.165) is 33.9 Å². The number of hydrogen-bond donors (Lipinski definition) is 0. The molecule has 3 heterocycles. The molecule has 0 atom stereocenters. The first-order valence-corrected chi connectivity index (χ1v) is 6.70. The predicted molar refractivity (Wildman–Crippen MR) is 80.9 cm³/mol. The quantitative estimate of drug-likeness (QED) is 0.738. The fourth-order valence-electron chi connectivity index (χ4n) is 2.35. The Balaban J connectivity index is 1.97. The molecule has 21 heavy (non-hydrogen) atoms. The summed E-state index contributed by atoms with van der Waals surface area (Å²) in [5.74, 6) is 1.53. The molecule has 3 aromatic rings. The summed E-state index contributed by atoms with van der Waals surface area (Å²) in [5, 5.41) is 1.07. The van der Waals surface area contributed by atoms with Crippen molar-refractivity contribution in [1.82, 2.24) is 14.5 Å². The third kappa shape index (κ3) is 2.54. The van der Waals surface area contributed by atoms with E-state index in [2.05, 4.69) is 27.5 Å². The van der Waals surface area contributed by atoms with Gasteiger partial charge in [-0.2, -0.15) is 0 Å². The van der Waals surface area contributed by atoms with E-state index in [-0.39, 0.29) is 0 Å². The van der Waals surface area contributed by atoms with Crippen LogP contribution in [0.3, 0.4) is 0 Å². The molecule has 0 radical (unpaired) electrons. The zero-order valence-corrected chi connectivity index (χ0v) is 12.3. The van der Waals surface area contributed by atoms with Crippen LogP contribution in [-0.4, -0.2) is 28.8 Å². The molecule has 108 valence electrons. The number of pyridine rings is 2. The molecule has 0 unspecified atom stereocenters. The molecule has 0 aliphatic rings. The van der Waals surface area contributed by atoms with Crippen molar-refractivity contribution in [3.63, 3.8) is 0 Å². The van der Waals surface area contributed by atoms with Crippen molar-refractivity contribution in [2.45, 2.75) is 13.5 Å². The predicted octanol–water partition coefficient (Wildman–Crippen LogP) is 2.81. The highest BCUT2D eigenvalue weighted by atomic mass is 16.5. The van der Waals surface area contributed by atoms with Crippen molar-refractivity contribution in [3.8, 4) is 11.5 Å². The van der Waals surface area contributed by atoms with Crippen LogP contribution in [0.25, 0.3) is 11.0 Å². The van der Waals surface area contributed by atoms with E-state index >= 15 is 0 Å². The van der Waals surface area contributed by atoms with E-state index in [9.17, 15) is 0 Å². The average Bonchev–Trinajstić information content (AvgIpc) is 2.83. The van der Waals surface area contributed by atoms with Crippen molar-refractivity contribution in [3.05, 3.63) is 48.0 Å². The van der Waals surface area contributed by atoms with Gasteiger partial charge in [-0.25, -0.2) is 4.98 Å². The minimum Gasteiger partial charge on any atom is -0.495 e. The molecule has 0 aliphatic heterocycles. The van der Waals surface area contributed by atoms with E-state index in [4.69, 9.17) is 9.47 Å². The number of nitrogens with zero attached hydrogens (tertiary/aromatic N) is 3. The van der Waals surface area contributed by atoms with Crippen molar-refractivity contribution in [2.75, 3.05) is 14.2 Å². The lowest BCUT2D eigenvalue weighted by Crippen LogP contribution is -2.04. The summed E-state index contributed by atoms with van der Waals surface area (Å²) in [7, 11) is 3.28. The number of rotatable bonds is 4. The molecule has 3 rings (SSSR count). The van der Waals surface area contributed by atoms with Crippen LogP contribution < -0.4 is 9.47 Å². The van der Waals surface area contributed by atoms with Gasteiger partial charge in [0.05, 0.1) is 38.9 Å².